The van der Waals surface area contributed by atoms with Crippen LogP contribution in [-0.2, 0) is 0 Å². The molecule has 108 valence electrons. The first kappa shape index (κ1) is 14.8. The summed E-state index contributed by atoms with van der Waals surface area (Å²) in [5.74, 6) is -1.15. The lowest BCUT2D eigenvalue weighted by Crippen LogP contribution is -2.19. The Morgan fingerprint density at radius 1 is 1.14 bits per heavy atom. The van der Waals surface area contributed by atoms with E-state index >= 15 is 0 Å². The van der Waals surface area contributed by atoms with Crippen LogP contribution in [0, 0.1) is 21.7 Å². The summed E-state index contributed by atoms with van der Waals surface area (Å²) in [6, 6.07) is 8.55. The average Bonchev–Trinajstić information content (AvgIpc) is 2.41. The van der Waals surface area contributed by atoms with E-state index in [4.69, 9.17) is 12.2 Å². The highest BCUT2D eigenvalue weighted by Crippen LogP contribution is 2.21. The number of thiocarbonyl (C=S) groups is 1. The molecule has 0 bridgehead atoms. The molecule has 0 aliphatic heterocycles. The number of nitro benzene ring substituents is 1. The van der Waals surface area contributed by atoms with E-state index in [1.165, 1.54) is 18.2 Å². The molecule has 2 aromatic rings. The third kappa shape index (κ3) is 3.93. The molecule has 8 heteroatoms. The predicted molar refractivity (Wildman–Crippen MR) is 79.3 cm³/mol. The van der Waals surface area contributed by atoms with Gasteiger partial charge in [-0.2, -0.15) is 0 Å². The summed E-state index contributed by atoms with van der Waals surface area (Å²) in [7, 11) is 0. The van der Waals surface area contributed by atoms with E-state index in [2.05, 4.69) is 10.6 Å². The van der Waals surface area contributed by atoms with Crippen molar-refractivity contribution in [2.75, 3.05) is 10.6 Å². The lowest BCUT2D eigenvalue weighted by atomic mass is 10.2. The Kier molecular flexibility index (Phi) is 4.39. The van der Waals surface area contributed by atoms with Crippen LogP contribution in [-0.4, -0.2) is 10.0 Å². The maximum absolute atomic E-state index is 13.6. The normalized spacial score (nSPS) is 10.0. The Hall–Kier alpha value is -2.61. The molecule has 0 saturated carbocycles. The molecule has 0 radical (unpaired) electrons. The van der Waals surface area contributed by atoms with Gasteiger partial charge in [-0.3, -0.25) is 10.1 Å². The van der Waals surface area contributed by atoms with Crippen LogP contribution < -0.4 is 10.6 Å². The van der Waals surface area contributed by atoms with Crippen molar-refractivity contribution in [3.8, 4) is 0 Å². The third-order valence-electron chi connectivity index (χ3n) is 2.49. The molecule has 2 rings (SSSR count). The van der Waals surface area contributed by atoms with E-state index in [1.54, 1.807) is 6.07 Å². The van der Waals surface area contributed by atoms with E-state index in [1.807, 2.05) is 0 Å². The van der Waals surface area contributed by atoms with Crippen LogP contribution in [0.25, 0.3) is 0 Å². The van der Waals surface area contributed by atoms with Gasteiger partial charge in [0.15, 0.2) is 5.11 Å². The predicted octanol–water partition coefficient (Wildman–Crippen LogP) is 3.68. The number of hydrogen-bond acceptors (Lipinski definition) is 3. The Morgan fingerprint density at radius 2 is 1.90 bits per heavy atom. The second kappa shape index (κ2) is 6.23. The van der Waals surface area contributed by atoms with Crippen LogP contribution >= 0.6 is 12.2 Å². The summed E-state index contributed by atoms with van der Waals surface area (Å²) in [4.78, 5) is 10.00. The van der Waals surface area contributed by atoms with Gasteiger partial charge in [-0.15, -0.1) is 0 Å². The molecule has 0 atom stereocenters. The first-order valence-electron chi connectivity index (χ1n) is 5.73. The summed E-state index contributed by atoms with van der Waals surface area (Å²) >= 11 is 4.95. The van der Waals surface area contributed by atoms with Crippen molar-refractivity contribution in [2.24, 2.45) is 0 Å². The Morgan fingerprint density at radius 3 is 2.57 bits per heavy atom. The monoisotopic (exact) mass is 309 g/mol. The number of rotatable bonds is 3. The Bertz CT molecular complexity index is 710. The fraction of sp³-hybridized carbons (Fsp3) is 0. The smallest absolute Gasteiger partial charge is 0.271 e. The van der Waals surface area contributed by atoms with Crippen LogP contribution in [0.2, 0.25) is 0 Å². The molecule has 0 aliphatic rings. The number of nitro groups is 1. The molecule has 2 N–H and O–H groups in total. The van der Waals surface area contributed by atoms with Crippen molar-refractivity contribution in [1.82, 2.24) is 0 Å². The molecule has 21 heavy (non-hydrogen) atoms. The van der Waals surface area contributed by atoms with Crippen molar-refractivity contribution in [1.29, 1.82) is 0 Å². The van der Waals surface area contributed by atoms with Crippen molar-refractivity contribution in [3.05, 3.63) is 64.2 Å². The number of benzene rings is 2. The third-order valence-corrected chi connectivity index (χ3v) is 2.70. The topological polar surface area (TPSA) is 67.2 Å². The Labute approximate surface area is 123 Å². The molecule has 0 unspecified atom stereocenters. The number of nitrogens with one attached hydrogen (secondary N) is 2. The van der Waals surface area contributed by atoms with Crippen molar-refractivity contribution in [2.45, 2.75) is 0 Å². The molecular weight excluding hydrogens is 300 g/mol. The first-order chi connectivity index (χ1) is 9.95. The van der Waals surface area contributed by atoms with Crippen molar-refractivity contribution < 1.29 is 13.7 Å². The summed E-state index contributed by atoms with van der Waals surface area (Å²) < 4.78 is 26.6. The minimum absolute atomic E-state index is 0.0139. The zero-order valence-corrected chi connectivity index (χ0v) is 11.3. The van der Waals surface area contributed by atoms with Crippen LogP contribution in [0.1, 0.15) is 0 Å². The fourth-order valence-corrected chi connectivity index (χ4v) is 1.80. The number of non-ortho nitro benzene ring substituents is 1. The summed E-state index contributed by atoms with van der Waals surface area (Å²) in [6.45, 7) is 0. The zero-order valence-electron chi connectivity index (χ0n) is 10.5. The van der Waals surface area contributed by atoms with Gasteiger partial charge in [-0.1, -0.05) is 6.07 Å². The van der Waals surface area contributed by atoms with Crippen LogP contribution in [0.3, 0.4) is 0 Å². The van der Waals surface area contributed by atoms with E-state index in [-0.39, 0.29) is 16.5 Å². The second-order valence-corrected chi connectivity index (χ2v) is 4.42. The second-order valence-electron chi connectivity index (χ2n) is 4.01. The van der Waals surface area contributed by atoms with Gasteiger partial charge in [-0.05, 0) is 36.5 Å². The number of halogens is 2. The van der Waals surface area contributed by atoms with Crippen LogP contribution in [0.4, 0.5) is 25.8 Å². The Balaban J connectivity index is 2.12. The zero-order chi connectivity index (χ0) is 15.4. The lowest BCUT2D eigenvalue weighted by Gasteiger charge is -2.11. The van der Waals surface area contributed by atoms with E-state index in [0.29, 0.717) is 5.69 Å². The fourth-order valence-electron chi connectivity index (χ4n) is 1.57. The average molecular weight is 309 g/mol. The molecule has 5 nitrogen and oxygen atoms in total. The van der Waals surface area contributed by atoms with E-state index < -0.39 is 16.6 Å². The standard InChI is InChI=1S/C13H9F2N3O2S/c14-8-2-1-3-9(6-8)16-13(21)17-12-7-10(18(19)20)4-5-11(12)15/h1-7H,(H2,16,17,21). The molecule has 0 aliphatic carbocycles. The molecule has 0 heterocycles. The van der Waals surface area contributed by atoms with Gasteiger partial charge in [0, 0.05) is 17.8 Å². The van der Waals surface area contributed by atoms with Gasteiger partial charge < -0.3 is 10.6 Å². The minimum atomic E-state index is -0.691. The van der Waals surface area contributed by atoms with Gasteiger partial charge in [0.25, 0.3) is 5.69 Å². The summed E-state index contributed by atoms with van der Waals surface area (Å²) in [6.07, 6.45) is 0. The molecule has 2 aromatic carbocycles. The van der Waals surface area contributed by atoms with Crippen LogP contribution in [0.15, 0.2) is 42.5 Å². The van der Waals surface area contributed by atoms with Gasteiger partial charge >= 0.3 is 0 Å². The highest BCUT2D eigenvalue weighted by molar-refractivity contribution is 7.80. The largest absolute Gasteiger partial charge is 0.332 e. The highest BCUT2D eigenvalue weighted by Gasteiger charge is 2.11. The number of anilines is 2. The molecule has 0 spiro atoms. The number of nitrogens with zero attached hydrogens (tertiary/aromatic N) is 1. The first-order valence-corrected chi connectivity index (χ1v) is 6.14. The molecule has 0 fully saturated rings. The maximum atomic E-state index is 13.6. The number of hydrogen-bond donors (Lipinski definition) is 2. The van der Waals surface area contributed by atoms with E-state index in [9.17, 15) is 18.9 Å². The SMILES string of the molecule is O=[N+]([O-])c1ccc(F)c(NC(=S)Nc2cccc(F)c2)c1. The molecule has 0 saturated heterocycles. The van der Waals surface area contributed by atoms with Crippen LogP contribution in [0.5, 0.6) is 0 Å². The quantitative estimate of drug-likeness (QED) is 0.514. The molecule has 0 amide bonds. The molecule has 0 aromatic heterocycles. The maximum Gasteiger partial charge on any atom is 0.271 e. The summed E-state index contributed by atoms with van der Waals surface area (Å²) in [5.41, 5.74) is -0.0381. The van der Waals surface area contributed by atoms with Crippen molar-refractivity contribution in [3.63, 3.8) is 0 Å². The minimum Gasteiger partial charge on any atom is -0.332 e. The van der Waals surface area contributed by atoms with E-state index in [0.717, 1.165) is 18.2 Å². The molecular formula is C13H9F2N3O2S. The highest BCUT2D eigenvalue weighted by atomic mass is 32.1. The van der Waals surface area contributed by atoms with Gasteiger partial charge in [0.1, 0.15) is 11.6 Å². The van der Waals surface area contributed by atoms with Gasteiger partial charge in [-0.25, -0.2) is 8.78 Å². The lowest BCUT2D eigenvalue weighted by molar-refractivity contribution is -0.384. The van der Waals surface area contributed by atoms with Gasteiger partial charge in [0.05, 0.1) is 10.6 Å². The van der Waals surface area contributed by atoms with Gasteiger partial charge in [0.2, 0.25) is 0 Å². The van der Waals surface area contributed by atoms with Crippen molar-refractivity contribution >= 4 is 34.4 Å². The summed E-state index contributed by atoms with van der Waals surface area (Å²) in [5, 5.41) is 15.8.